The molecule has 0 bridgehead atoms. The fraction of sp³-hybridized carbons (Fsp3) is 0.429. The van der Waals surface area contributed by atoms with Crippen LogP contribution in [-0.4, -0.2) is 69.0 Å². The number of H-pyrrole nitrogens is 1. The second-order valence-electron chi connectivity index (χ2n) is 10.3. The van der Waals surface area contributed by atoms with Crippen molar-refractivity contribution >= 4 is 16.6 Å². The summed E-state index contributed by atoms with van der Waals surface area (Å²) >= 11 is 0. The molecule has 2 aromatic carbocycles. The van der Waals surface area contributed by atoms with E-state index in [2.05, 4.69) is 43.3 Å². The summed E-state index contributed by atoms with van der Waals surface area (Å²) in [6.45, 7) is 8.22. The first-order valence-electron chi connectivity index (χ1n) is 13.2. The molecule has 38 heavy (non-hydrogen) atoms. The van der Waals surface area contributed by atoms with Gasteiger partial charge < -0.3 is 14.6 Å². The van der Waals surface area contributed by atoms with Crippen LogP contribution in [0.15, 0.2) is 47.3 Å². The van der Waals surface area contributed by atoms with Crippen molar-refractivity contribution in [3.05, 3.63) is 81.2 Å². The van der Waals surface area contributed by atoms with E-state index in [0.29, 0.717) is 31.0 Å². The number of hydrogen-bond acceptors (Lipinski definition) is 7. The minimum Gasteiger partial charge on any atom is -0.376 e. The summed E-state index contributed by atoms with van der Waals surface area (Å²) in [7, 11) is 0. The number of aryl methyl sites for hydroxylation is 2. The molecule has 0 aliphatic carbocycles. The van der Waals surface area contributed by atoms with Gasteiger partial charge in [0.1, 0.15) is 11.9 Å². The molecule has 0 spiro atoms. The third-order valence-electron chi connectivity index (χ3n) is 7.84. The summed E-state index contributed by atoms with van der Waals surface area (Å²) < 4.78 is 21.1. The van der Waals surface area contributed by atoms with Crippen LogP contribution in [0.25, 0.3) is 10.9 Å². The van der Waals surface area contributed by atoms with E-state index in [1.165, 1.54) is 12.1 Å². The number of aromatic amines is 1. The number of piperazine rings is 1. The lowest BCUT2D eigenvalue weighted by molar-refractivity contribution is 0.0906. The number of benzene rings is 2. The maximum absolute atomic E-state index is 13.6. The Kier molecular flexibility index (Phi) is 6.67. The molecule has 0 amide bonds. The number of halogens is 1. The Morgan fingerprint density at radius 3 is 2.58 bits per heavy atom. The lowest BCUT2D eigenvalue weighted by Gasteiger charge is -2.39. The van der Waals surface area contributed by atoms with Gasteiger partial charge >= 0.3 is 0 Å². The second-order valence-corrected chi connectivity index (χ2v) is 10.3. The molecular formula is C28H32FN7O2. The van der Waals surface area contributed by atoms with Gasteiger partial charge in [-0.05, 0) is 78.6 Å². The fourth-order valence-corrected chi connectivity index (χ4v) is 5.70. The monoisotopic (exact) mass is 517 g/mol. The van der Waals surface area contributed by atoms with Crippen LogP contribution in [0.2, 0.25) is 0 Å². The normalized spacial score (nSPS) is 19.3. The van der Waals surface area contributed by atoms with Crippen molar-refractivity contribution in [3.63, 3.8) is 0 Å². The number of rotatable bonds is 6. The molecule has 198 valence electrons. The number of nitrogens with zero attached hydrogens (tertiary/aromatic N) is 6. The number of pyridine rings is 1. The summed E-state index contributed by atoms with van der Waals surface area (Å²) in [5.41, 5.74) is 4.47. The van der Waals surface area contributed by atoms with Crippen molar-refractivity contribution in [2.45, 2.75) is 45.4 Å². The highest BCUT2D eigenvalue weighted by atomic mass is 19.1. The van der Waals surface area contributed by atoms with Crippen LogP contribution in [0.4, 0.5) is 10.1 Å². The molecule has 10 heteroatoms. The van der Waals surface area contributed by atoms with E-state index in [1.54, 1.807) is 4.68 Å². The maximum atomic E-state index is 13.6. The van der Waals surface area contributed by atoms with Gasteiger partial charge in [-0.3, -0.25) is 9.69 Å². The van der Waals surface area contributed by atoms with E-state index >= 15 is 0 Å². The van der Waals surface area contributed by atoms with Crippen molar-refractivity contribution in [2.24, 2.45) is 0 Å². The van der Waals surface area contributed by atoms with Gasteiger partial charge in [0.25, 0.3) is 5.56 Å². The quantitative estimate of drug-likeness (QED) is 0.419. The largest absolute Gasteiger partial charge is 0.376 e. The molecule has 0 saturated carbocycles. The Balaban J connectivity index is 1.38. The summed E-state index contributed by atoms with van der Waals surface area (Å²) in [4.78, 5) is 21.3. The lowest BCUT2D eigenvalue weighted by Crippen LogP contribution is -2.49. The molecule has 6 rings (SSSR count). The van der Waals surface area contributed by atoms with Gasteiger partial charge in [-0.25, -0.2) is 9.07 Å². The topological polar surface area (TPSA) is 92.2 Å². The smallest absolute Gasteiger partial charge is 0.253 e. The van der Waals surface area contributed by atoms with Crippen molar-refractivity contribution in [1.29, 1.82) is 0 Å². The van der Waals surface area contributed by atoms with Crippen LogP contribution >= 0.6 is 0 Å². The predicted molar refractivity (Wildman–Crippen MR) is 143 cm³/mol. The van der Waals surface area contributed by atoms with Crippen LogP contribution in [0.5, 0.6) is 0 Å². The number of fused-ring (bicyclic) bond motifs is 1. The maximum Gasteiger partial charge on any atom is 0.253 e. The molecule has 2 aliphatic rings. The van der Waals surface area contributed by atoms with Crippen LogP contribution in [-0.2, 0) is 11.3 Å². The molecule has 4 heterocycles. The summed E-state index contributed by atoms with van der Waals surface area (Å²) in [6.07, 6.45) is 2.06. The number of nitrogens with one attached hydrogen (secondary N) is 1. The van der Waals surface area contributed by atoms with E-state index in [-0.39, 0.29) is 17.5 Å². The zero-order chi connectivity index (χ0) is 26.2. The Bertz CT molecular complexity index is 1490. The van der Waals surface area contributed by atoms with Crippen LogP contribution in [0.1, 0.15) is 41.4 Å². The minimum absolute atomic E-state index is 0.0630. The van der Waals surface area contributed by atoms with Gasteiger partial charge in [0, 0.05) is 49.4 Å². The number of aromatic nitrogens is 5. The highest BCUT2D eigenvalue weighted by Gasteiger charge is 2.33. The summed E-state index contributed by atoms with van der Waals surface area (Å²) in [6, 6.07) is 12.3. The number of hydrogen-bond donors (Lipinski definition) is 1. The molecule has 1 N–H and O–H groups in total. The molecule has 9 nitrogen and oxygen atoms in total. The van der Waals surface area contributed by atoms with E-state index < -0.39 is 6.04 Å². The Morgan fingerprint density at radius 2 is 1.84 bits per heavy atom. The van der Waals surface area contributed by atoms with Crippen LogP contribution in [0.3, 0.4) is 0 Å². The molecule has 0 radical (unpaired) electrons. The van der Waals surface area contributed by atoms with Gasteiger partial charge in [-0.1, -0.05) is 12.1 Å². The van der Waals surface area contributed by atoms with Crippen LogP contribution < -0.4 is 10.5 Å². The molecule has 4 aromatic rings. The van der Waals surface area contributed by atoms with Gasteiger partial charge in [0.2, 0.25) is 0 Å². The zero-order valence-electron chi connectivity index (χ0n) is 21.7. The van der Waals surface area contributed by atoms with E-state index in [9.17, 15) is 9.18 Å². The zero-order valence-corrected chi connectivity index (χ0v) is 21.7. The van der Waals surface area contributed by atoms with Crippen LogP contribution in [0, 0.1) is 19.7 Å². The first-order chi connectivity index (χ1) is 18.5. The average Bonchev–Trinajstić information content (AvgIpc) is 3.61. The standard InChI is InChI=1S/C28H32FN7O2/c1-18-5-6-19(2)25-23(18)16-24(28(37)30-25)26(27-31-32-33-36(27)17-22-4-3-15-38-22)35-13-11-34(12-14-35)21-9-7-20(29)8-10-21/h5-10,16,22,26H,3-4,11-15,17H2,1-2H3,(H,30,37)/t22-,26+/m0/s1. The Hall–Kier alpha value is -3.63. The third kappa shape index (κ3) is 4.69. The molecule has 2 aromatic heterocycles. The van der Waals surface area contributed by atoms with E-state index in [4.69, 9.17) is 4.74 Å². The predicted octanol–water partition coefficient (Wildman–Crippen LogP) is 3.36. The molecule has 2 saturated heterocycles. The second kappa shape index (κ2) is 10.3. The Labute approximate surface area is 220 Å². The molecule has 2 aliphatic heterocycles. The Morgan fingerprint density at radius 1 is 1.08 bits per heavy atom. The SMILES string of the molecule is Cc1ccc(C)c2[nH]c(=O)c([C@H](c3nnnn3C[C@@H]3CCCO3)N3CCN(c4ccc(F)cc4)CC3)cc12. The van der Waals surface area contributed by atoms with Gasteiger partial charge in [-0.15, -0.1) is 5.10 Å². The number of tetrazole rings is 1. The van der Waals surface area contributed by atoms with Gasteiger partial charge in [0.15, 0.2) is 5.82 Å². The molecule has 2 atom stereocenters. The van der Waals surface area contributed by atoms with Crippen molar-refractivity contribution < 1.29 is 9.13 Å². The summed E-state index contributed by atoms with van der Waals surface area (Å²) in [5.74, 6) is 0.400. The van der Waals surface area contributed by atoms with Crippen molar-refractivity contribution in [3.8, 4) is 0 Å². The first kappa shape index (κ1) is 24.7. The van der Waals surface area contributed by atoms with Crippen molar-refractivity contribution in [1.82, 2.24) is 30.1 Å². The third-order valence-corrected chi connectivity index (χ3v) is 7.84. The van der Waals surface area contributed by atoms with E-state index in [0.717, 1.165) is 60.3 Å². The molecular weight excluding hydrogens is 485 g/mol. The van der Waals surface area contributed by atoms with E-state index in [1.807, 2.05) is 31.2 Å². The highest BCUT2D eigenvalue weighted by Crippen LogP contribution is 2.30. The van der Waals surface area contributed by atoms with Crippen molar-refractivity contribution in [2.75, 3.05) is 37.7 Å². The number of anilines is 1. The number of ether oxygens (including phenoxy) is 1. The summed E-state index contributed by atoms with van der Waals surface area (Å²) in [5, 5.41) is 13.8. The average molecular weight is 518 g/mol. The highest BCUT2D eigenvalue weighted by molar-refractivity contribution is 5.85. The first-order valence-corrected chi connectivity index (χ1v) is 13.2. The van der Waals surface area contributed by atoms with Gasteiger partial charge in [0.05, 0.1) is 18.2 Å². The van der Waals surface area contributed by atoms with Gasteiger partial charge in [-0.2, -0.15) is 0 Å². The minimum atomic E-state index is -0.421. The lowest BCUT2D eigenvalue weighted by atomic mass is 9.99. The molecule has 2 fully saturated rings. The molecule has 0 unspecified atom stereocenters. The fourth-order valence-electron chi connectivity index (χ4n) is 5.70.